The highest BCUT2D eigenvalue weighted by molar-refractivity contribution is 7.99. The molecule has 2 aromatic carbocycles. The van der Waals surface area contributed by atoms with Gasteiger partial charge in [-0.15, -0.1) is 10.2 Å². The first-order valence-corrected chi connectivity index (χ1v) is 9.09. The molecule has 0 saturated heterocycles. The number of nitrogens with zero attached hydrogens (tertiary/aromatic N) is 2. The number of hydrogen-bond donors (Lipinski definition) is 1. The largest absolute Gasteiger partial charge is 0.484 e. The Labute approximate surface area is 156 Å². The second-order valence-electron chi connectivity index (χ2n) is 5.72. The lowest BCUT2D eigenvalue weighted by Gasteiger charge is -2.08. The van der Waals surface area contributed by atoms with Crippen molar-refractivity contribution in [3.63, 3.8) is 0 Å². The molecule has 134 valence electrons. The zero-order valence-electron chi connectivity index (χ0n) is 14.6. The van der Waals surface area contributed by atoms with E-state index in [1.165, 1.54) is 11.8 Å². The number of carbonyl (C=O) groups is 1. The lowest BCUT2D eigenvalue weighted by molar-refractivity contribution is -0.113. The van der Waals surface area contributed by atoms with Crippen molar-refractivity contribution in [1.82, 2.24) is 10.2 Å². The number of rotatable bonds is 7. The average Bonchev–Trinajstić information content (AvgIpc) is 3.09. The van der Waals surface area contributed by atoms with Crippen LogP contribution in [-0.2, 0) is 11.4 Å². The fourth-order valence-electron chi connectivity index (χ4n) is 2.28. The summed E-state index contributed by atoms with van der Waals surface area (Å²) < 4.78 is 11.0. The average molecular weight is 369 g/mol. The van der Waals surface area contributed by atoms with E-state index >= 15 is 0 Å². The van der Waals surface area contributed by atoms with Crippen LogP contribution in [0, 0.1) is 13.8 Å². The zero-order valence-corrected chi connectivity index (χ0v) is 15.4. The van der Waals surface area contributed by atoms with E-state index in [1.807, 2.05) is 62.4 Å². The van der Waals surface area contributed by atoms with Crippen molar-refractivity contribution in [3.05, 3.63) is 65.5 Å². The molecule has 3 aromatic rings. The van der Waals surface area contributed by atoms with Crippen LogP contribution in [0.5, 0.6) is 5.75 Å². The summed E-state index contributed by atoms with van der Waals surface area (Å²) in [4.78, 5) is 12.1. The van der Waals surface area contributed by atoms with Gasteiger partial charge in [0.2, 0.25) is 5.91 Å². The highest BCUT2D eigenvalue weighted by Gasteiger charge is 2.11. The summed E-state index contributed by atoms with van der Waals surface area (Å²) in [6, 6.07) is 15.3. The van der Waals surface area contributed by atoms with Gasteiger partial charge in [-0.1, -0.05) is 47.7 Å². The molecule has 1 amide bonds. The summed E-state index contributed by atoms with van der Waals surface area (Å²) >= 11 is 1.19. The molecular weight excluding hydrogens is 350 g/mol. The third kappa shape index (κ3) is 5.10. The maximum Gasteiger partial charge on any atom is 0.277 e. The quantitative estimate of drug-likeness (QED) is 0.635. The van der Waals surface area contributed by atoms with E-state index in [9.17, 15) is 4.79 Å². The number of nitrogens with one attached hydrogen (secondary N) is 1. The minimum Gasteiger partial charge on any atom is -0.484 e. The smallest absolute Gasteiger partial charge is 0.277 e. The van der Waals surface area contributed by atoms with Gasteiger partial charge in [-0.05, 0) is 37.6 Å². The van der Waals surface area contributed by atoms with Crippen molar-refractivity contribution in [2.24, 2.45) is 0 Å². The Morgan fingerprint density at radius 2 is 1.96 bits per heavy atom. The Balaban J connectivity index is 1.47. The van der Waals surface area contributed by atoms with Crippen molar-refractivity contribution in [2.45, 2.75) is 25.7 Å². The number of hydrogen-bond acceptors (Lipinski definition) is 6. The SMILES string of the molecule is Cc1ccc(NC(=O)CSc2nnc(COc3ccccc3)o2)c(C)c1. The molecule has 0 unspecified atom stereocenters. The van der Waals surface area contributed by atoms with Crippen LogP contribution in [0.4, 0.5) is 5.69 Å². The molecule has 0 saturated carbocycles. The summed E-state index contributed by atoms with van der Waals surface area (Å²) in [5.74, 6) is 1.16. The van der Waals surface area contributed by atoms with E-state index in [0.29, 0.717) is 11.1 Å². The number of aryl methyl sites for hydroxylation is 2. The summed E-state index contributed by atoms with van der Waals surface area (Å²) in [6.07, 6.45) is 0. The van der Waals surface area contributed by atoms with Gasteiger partial charge in [0, 0.05) is 5.69 Å². The normalized spacial score (nSPS) is 10.5. The van der Waals surface area contributed by atoms with Crippen molar-refractivity contribution >= 4 is 23.4 Å². The summed E-state index contributed by atoms with van der Waals surface area (Å²) in [5.41, 5.74) is 3.00. The predicted molar refractivity (Wildman–Crippen MR) is 100 cm³/mol. The van der Waals surface area contributed by atoms with Gasteiger partial charge in [-0.3, -0.25) is 4.79 Å². The summed E-state index contributed by atoms with van der Waals surface area (Å²) in [6.45, 7) is 4.17. The topological polar surface area (TPSA) is 77.2 Å². The molecule has 6 nitrogen and oxygen atoms in total. The molecule has 1 heterocycles. The van der Waals surface area contributed by atoms with Gasteiger partial charge in [0.05, 0.1) is 5.75 Å². The first-order valence-electron chi connectivity index (χ1n) is 8.10. The molecular formula is C19H19N3O3S. The molecule has 26 heavy (non-hydrogen) atoms. The minimum absolute atomic E-state index is 0.123. The van der Waals surface area contributed by atoms with Gasteiger partial charge in [0.1, 0.15) is 5.75 Å². The number of carbonyl (C=O) groups excluding carboxylic acids is 1. The lowest BCUT2D eigenvalue weighted by Crippen LogP contribution is -2.14. The molecule has 0 spiro atoms. The van der Waals surface area contributed by atoms with Crippen molar-refractivity contribution in [2.75, 3.05) is 11.1 Å². The first kappa shape index (κ1) is 18.0. The standard InChI is InChI=1S/C19H19N3O3S/c1-13-8-9-16(14(2)10-13)20-17(23)12-26-19-22-21-18(25-19)11-24-15-6-4-3-5-7-15/h3-10H,11-12H2,1-2H3,(H,20,23). The Morgan fingerprint density at radius 3 is 2.73 bits per heavy atom. The molecule has 0 aliphatic carbocycles. The van der Waals surface area contributed by atoms with Crippen LogP contribution in [0.25, 0.3) is 0 Å². The fourth-order valence-corrected chi connectivity index (χ4v) is 2.86. The van der Waals surface area contributed by atoms with Crippen molar-refractivity contribution in [1.29, 1.82) is 0 Å². The van der Waals surface area contributed by atoms with Crippen molar-refractivity contribution < 1.29 is 13.9 Å². The Hall–Kier alpha value is -2.80. The predicted octanol–water partition coefficient (Wildman–Crippen LogP) is 4.00. The van der Waals surface area contributed by atoms with Crippen LogP contribution in [0.15, 0.2) is 58.2 Å². The number of aromatic nitrogens is 2. The van der Waals surface area contributed by atoms with Gasteiger partial charge in [-0.25, -0.2) is 0 Å². The number of anilines is 1. The second kappa shape index (κ2) is 8.53. The van der Waals surface area contributed by atoms with Gasteiger partial charge in [0.15, 0.2) is 6.61 Å². The van der Waals surface area contributed by atoms with E-state index in [2.05, 4.69) is 15.5 Å². The summed E-state index contributed by atoms with van der Waals surface area (Å²) in [5, 5.41) is 11.1. The Bertz CT molecular complexity index is 881. The number of ether oxygens (including phenoxy) is 1. The first-order chi connectivity index (χ1) is 12.6. The Kier molecular flexibility index (Phi) is 5.91. The number of benzene rings is 2. The maximum atomic E-state index is 12.1. The molecule has 3 rings (SSSR count). The molecule has 1 aromatic heterocycles. The molecule has 0 atom stereocenters. The van der Waals surface area contributed by atoms with Gasteiger partial charge >= 0.3 is 0 Å². The molecule has 1 N–H and O–H groups in total. The third-order valence-electron chi connectivity index (χ3n) is 3.54. The van der Waals surface area contributed by atoms with Crippen LogP contribution < -0.4 is 10.1 Å². The van der Waals surface area contributed by atoms with E-state index in [4.69, 9.17) is 9.15 Å². The molecule has 0 radical (unpaired) electrons. The molecule has 0 fully saturated rings. The van der Waals surface area contributed by atoms with Gasteiger partial charge < -0.3 is 14.5 Å². The monoisotopic (exact) mass is 369 g/mol. The highest BCUT2D eigenvalue weighted by atomic mass is 32.2. The van der Waals surface area contributed by atoms with Crippen LogP contribution in [0.3, 0.4) is 0 Å². The minimum atomic E-state index is -0.123. The van der Waals surface area contributed by atoms with E-state index in [1.54, 1.807) is 0 Å². The van der Waals surface area contributed by atoms with E-state index in [-0.39, 0.29) is 18.3 Å². The number of para-hydroxylation sites is 1. The highest BCUT2D eigenvalue weighted by Crippen LogP contribution is 2.20. The van der Waals surface area contributed by atoms with E-state index in [0.717, 1.165) is 22.6 Å². The number of thioether (sulfide) groups is 1. The molecule has 0 aliphatic heterocycles. The lowest BCUT2D eigenvalue weighted by atomic mass is 10.1. The van der Waals surface area contributed by atoms with Gasteiger partial charge in [-0.2, -0.15) is 0 Å². The van der Waals surface area contributed by atoms with Crippen LogP contribution in [-0.4, -0.2) is 21.9 Å². The van der Waals surface area contributed by atoms with Crippen LogP contribution in [0.2, 0.25) is 0 Å². The van der Waals surface area contributed by atoms with E-state index < -0.39 is 0 Å². The van der Waals surface area contributed by atoms with Crippen LogP contribution in [0.1, 0.15) is 17.0 Å². The van der Waals surface area contributed by atoms with Crippen molar-refractivity contribution in [3.8, 4) is 5.75 Å². The molecule has 0 aliphatic rings. The zero-order chi connectivity index (χ0) is 18.4. The maximum absolute atomic E-state index is 12.1. The fraction of sp³-hybridized carbons (Fsp3) is 0.211. The number of amides is 1. The second-order valence-corrected chi connectivity index (χ2v) is 6.65. The summed E-state index contributed by atoms with van der Waals surface area (Å²) in [7, 11) is 0. The molecule has 7 heteroatoms. The Morgan fingerprint density at radius 1 is 1.15 bits per heavy atom. The van der Waals surface area contributed by atoms with Gasteiger partial charge in [0.25, 0.3) is 11.1 Å². The van der Waals surface area contributed by atoms with Crippen LogP contribution >= 0.6 is 11.8 Å². The molecule has 0 bridgehead atoms. The third-order valence-corrected chi connectivity index (χ3v) is 4.36.